The van der Waals surface area contributed by atoms with Crippen LogP contribution in [0.1, 0.15) is 44.1 Å². The molecule has 1 aromatic heterocycles. The van der Waals surface area contributed by atoms with E-state index >= 15 is 0 Å². The summed E-state index contributed by atoms with van der Waals surface area (Å²) in [5, 5.41) is 1.29. The lowest BCUT2D eigenvalue weighted by Crippen LogP contribution is -2.47. The molecule has 1 N–H and O–H groups in total. The largest absolute Gasteiger partial charge is 0.361 e. The van der Waals surface area contributed by atoms with Gasteiger partial charge in [0.1, 0.15) is 0 Å². The topological polar surface area (TPSA) is 39.3 Å². The summed E-state index contributed by atoms with van der Waals surface area (Å²) < 4.78 is 0. The molecule has 0 bridgehead atoms. The van der Waals surface area contributed by atoms with Crippen molar-refractivity contribution < 1.29 is 4.79 Å². The number of aromatic nitrogens is 1. The van der Waals surface area contributed by atoms with Gasteiger partial charge in [-0.2, -0.15) is 0 Å². The van der Waals surface area contributed by atoms with Crippen LogP contribution in [0.3, 0.4) is 0 Å². The lowest BCUT2D eigenvalue weighted by molar-refractivity contribution is -0.133. The van der Waals surface area contributed by atoms with Gasteiger partial charge in [0.2, 0.25) is 5.91 Å². The lowest BCUT2D eigenvalue weighted by atomic mass is 10.0. The average Bonchev–Trinajstić information content (AvgIpc) is 3.34. The number of likely N-dealkylation sites (tertiary alicyclic amines) is 2. The average molecular weight is 339 g/mol. The molecule has 2 fully saturated rings. The first-order valence-electron chi connectivity index (χ1n) is 9.79. The molecule has 2 saturated heterocycles. The lowest BCUT2D eigenvalue weighted by Gasteiger charge is -2.33. The molecule has 1 amide bonds. The molecular formula is C21H29N3O. The molecular weight excluding hydrogens is 310 g/mol. The van der Waals surface area contributed by atoms with Gasteiger partial charge in [-0.1, -0.05) is 18.2 Å². The second kappa shape index (κ2) is 7.20. The third-order valence-electron chi connectivity index (χ3n) is 6.15. The van der Waals surface area contributed by atoms with E-state index < -0.39 is 0 Å². The first-order chi connectivity index (χ1) is 12.2. The van der Waals surface area contributed by atoms with E-state index in [1.807, 2.05) is 0 Å². The molecule has 3 heterocycles. The Bertz CT molecular complexity index is 738. The zero-order chi connectivity index (χ0) is 17.2. The fourth-order valence-corrected chi connectivity index (χ4v) is 4.84. The molecule has 2 aliphatic heterocycles. The molecule has 25 heavy (non-hydrogen) atoms. The van der Waals surface area contributed by atoms with E-state index in [-0.39, 0.29) is 0 Å². The van der Waals surface area contributed by atoms with Crippen LogP contribution in [0.4, 0.5) is 0 Å². The first kappa shape index (κ1) is 16.6. The summed E-state index contributed by atoms with van der Waals surface area (Å²) in [7, 11) is 2.22. The maximum Gasteiger partial charge on any atom is 0.222 e. The minimum atomic E-state index is 0.364. The summed E-state index contributed by atoms with van der Waals surface area (Å²) in [4.78, 5) is 20.8. The standard InChI is InChI=1S/C21H29N3O/c1-23-13-5-10-19(23)20-11-6-14-24(20)21(25)12-4-7-16-15-22-18-9-3-2-8-17(16)18/h2-3,8-9,15,19-20,22H,4-7,10-14H2,1H3/t19-,20+/m1/s1. The Balaban J connectivity index is 1.34. The summed E-state index contributed by atoms with van der Waals surface area (Å²) in [5.74, 6) is 0.364. The maximum atomic E-state index is 12.8. The quantitative estimate of drug-likeness (QED) is 0.904. The van der Waals surface area contributed by atoms with Crippen molar-refractivity contribution in [2.75, 3.05) is 20.1 Å². The summed E-state index contributed by atoms with van der Waals surface area (Å²) in [6.07, 6.45) is 9.56. The molecule has 134 valence electrons. The van der Waals surface area contributed by atoms with Crippen LogP contribution < -0.4 is 0 Å². The zero-order valence-corrected chi connectivity index (χ0v) is 15.2. The van der Waals surface area contributed by atoms with Crippen molar-refractivity contribution in [2.24, 2.45) is 0 Å². The van der Waals surface area contributed by atoms with E-state index in [2.05, 4.69) is 52.3 Å². The van der Waals surface area contributed by atoms with Crippen LogP contribution in [0.5, 0.6) is 0 Å². The summed E-state index contributed by atoms with van der Waals surface area (Å²) in [6, 6.07) is 9.44. The van der Waals surface area contributed by atoms with Crippen LogP contribution >= 0.6 is 0 Å². The fraction of sp³-hybridized carbons (Fsp3) is 0.571. The van der Waals surface area contributed by atoms with Gasteiger partial charge in [-0.25, -0.2) is 0 Å². The van der Waals surface area contributed by atoms with Gasteiger partial charge in [-0.3, -0.25) is 4.79 Å². The number of para-hydroxylation sites is 1. The van der Waals surface area contributed by atoms with E-state index in [1.54, 1.807) is 0 Å². The molecule has 4 nitrogen and oxygen atoms in total. The summed E-state index contributed by atoms with van der Waals surface area (Å²) in [5.41, 5.74) is 2.52. The minimum Gasteiger partial charge on any atom is -0.361 e. The maximum absolute atomic E-state index is 12.8. The van der Waals surface area contributed by atoms with Gasteiger partial charge in [0.15, 0.2) is 0 Å². The predicted octanol–water partition coefficient (Wildman–Crippen LogP) is 3.58. The molecule has 0 spiro atoms. The highest BCUT2D eigenvalue weighted by atomic mass is 16.2. The van der Waals surface area contributed by atoms with Crippen molar-refractivity contribution in [2.45, 2.75) is 57.0 Å². The van der Waals surface area contributed by atoms with Crippen molar-refractivity contribution in [3.63, 3.8) is 0 Å². The number of hydrogen-bond acceptors (Lipinski definition) is 2. The number of likely N-dealkylation sites (N-methyl/N-ethyl adjacent to an activating group) is 1. The number of aromatic amines is 1. The van der Waals surface area contributed by atoms with Gasteiger partial charge in [0.25, 0.3) is 0 Å². The molecule has 0 aliphatic carbocycles. The van der Waals surface area contributed by atoms with Crippen LogP contribution in [0.2, 0.25) is 0 Å². The molecule has 2 aromatic rings. The second-order valence-electron chi connectivity index (χ2n) is 7.70. The van der Waals surface area contributed by atoms with E-state index in [0.29, 0.717) is 24.4 Å². The van der Waals surface area contributed by atoms with Crippen molar-refractivity contribution in [1.29, 1.82) is 0 Å². The number of carbonyl (C=O) groups is 1. The number of nitrogens with one attached hydrogen (secondary N) is 1. The van der Waals surface area contributed by atoms with Gasteiger partial charge in [0.05, 0.1) is 0 Å². The van der Waals surface area contributed by atoms with Crippen LogP contribution in [0.15, 0.2) is 30.5 Å². The van der Waals surface area contributed by atoms with Gasteiger partial charge < -0.3 is 14.8 Å². The van der Waals surface area contributed by atoms with Crippen LogP contribution in [0, 0.1) is 0 Å². The van der Waals surface area contributed by atoms with Crippen LogP contribution in [-0.2, 0) is 11.2 Å². The number of fused-ring (bicyclic) bond motifs is 1. The Morgan fingerprint density at radius 2 is 1.96 bits per heavy atom. The van der Waals surface area contributed by atoms with Crippen molar-refractivity contribution in [3.8, 4) is 0 Å². The molecule has 4 heteroatoms. The second-order valence-corrected chi connectivity index (χ2v) is 7.70. The van der Waals surface area contributed by atoms with Gasteiger partial charge in [0, 0.05) is 42.1 Å². The molecule has 0 saturated carbocycles. The third-order valence-corrected chi connectivity index (χ3v) is 6.15. The highest BCUT2D eigenvalue weighted by Gasteiger charge is 2.37. The van der Waals surface area contributed by atoms with Crippen molar-refractivity contribution >= 4 is 16.8 Å². The summed E-state index contributed by atoms with van der Waals surface area (Å²) >= 11 is 0. The number of aryl methyl sites for hydroxylation is 1. The van der Waals surface area contributed by atoms with Gasteiger partial charge in [-0.15, -0.1) is 0 Å². The van der Waals surface area contributed by atoms with E-state index in [4.69, 9.17) is 0 Å². The number of rotatable bonds is 5. The molecule has 0 unspecified atom stereocenters. The number of carbonyl (C=O) groups excluding carboxylic acids is 1. The van der Waals surface area contributed by atoms with Crippen LogP contribution in [-0.4, -0.2) is 52.9 Å². The fourth-order valence-electron chi connectivity index (χ4n) is 4.84. The van der Waals surface area contributed by atoms with Gasteiger partial charge >= 0.3 is 0 Å². The number of H-pyrrole nitrogens is 1. The smallest absolute Gasteiger partial charge is 0.222 e. The number of benzene rings is 1. The highest BCUT2D eigenvalue weighted by Crippen LogP contribution is 2.29. The number of hydrogen-bond donors (Lipinski definition) is 1. The molecule has 4 rings (SSSR count). The Morgan fingerprint density at radius 3 is 2.80 bits per heavy atom. The molecule has 2 aliphatic rings. The SMILES string of the molecule is CN1CCC[C@@H]1[C@@H]1CCCN1C(=O)CCCc1c[nH]c2ccccc12. The highest BCUT2D eigenvalue weighted by molar-refractivity contribution is 5.83. The Morgan fingerprint density at radius 1 is 1.16 bits per heavy atom. The summed E-state index contributed by atoms with van der Waals surface area (Å²) in [6.45, 7) is 2.14. The van der Waals surface area contributed by atoms with Crippen molar-refractivity contribution in [1.82, 2.24) is 14.8 Å². The normalized spacial score (nSPS) is 24.4. The van der Waals surface area contributed by atoms with Gasteiger partial charge in [-0.05, 0) is 63.7 Å². The number of nitrogens with zero attached hydrogens (tertiary/aromatic N) is 2. The third kappa shape index (κ3) is 3.32. The predicted molar refractivity (Wildman–Crippen MR) is 102 cm³/mol. The molecule has 1 aromatic carbocycles. The monoisotopic (exact) mass is 339 g/mol. The Labute approximate surface area is 150 Å². The Hall–Kier alpha value is -1.81. The number of amides is 1. The van der Waals surface area contributed by atoms with Crippen LogP contribution in [0.25, 0.3) is 10.9 Å². The van der Waals surface area contributed by atoms with Crippen molar-refractivity contribution in [3.05, 3.63) is 36.0 Å². The van der Waals surface area contributed by atoms with E-state index in [9.17, 15) is 4.79 Å². The minimum absolute atomic E-state index is 0.364. The molecule has 0 radical (unpaired) electrons. The van der Waals surface area contributed by atoms with E-state index in [1.165, 1.54) is 48.7 Å². The Kier molecular flexibility index (Phi) is 4.80. The first-order valence-corrected chi connectivity index (χ1v) is 9.79. The van der Waals surface area contributed by atoms with E-state index in [0.717, 1.165) is 19.4 Å². The zero-order valence-electron chi connectivity index (χ0n) is 15.2. The molecule has 2 atom stereocenters.